The summed E-state index contributed by atoms with van der Waals surface area (Å²) in [5.41, 5.74) is 2.89. The maximum Gasteiger partial charge on any atom is 1.00 e. The third kappa shape index (κ3) is 27.6. The fraction of sp³-hybridized carbons (Fsp3) is 0.594. The van der Waals surface area contributed by atoms with Gasteiger partial charge in [0.1, 0.15) is 6.79 Å². The number of hydrogen-bond acceptors (Lipinski definition) is 8. The van der Waals surface area contributed by atoms with Crippen molar-refractivity contribution >= 4 is 35.1 Å². The summed E-state index contributed by atoms with van der Waals surface area (Å²) >= 11 is 1.86. The number of carbonyl (C=O) groups is 3. The molecule has 0 saturated heterocycles. The molecule has 0 bridgehead atoms. The molecule has 0 fully saturated rings. The number of thioether (sulfide) groups is 1. The second-order valence-electron chi connectivity index (χ2n) is 9.21. The van der Waals surface area contributed by atoms with Gasteiger partial charge in [-0.25, -0.2) is 0 Å². The number of benzene rings is 1. The summed E-state index contributed by atoms with van der Waals surface area (Å²) in [4.78, 5) is 33.3. The number of carboxylic acids is 1. The van der Waals surface area contributed by atoms with Gasteiger partial charge in [0.2, 0.25) is 5.91 Å². The molecule has 1 rings (SSSR count). The molecule has 0 saturated carbocycles. The Kier molecular flexibility index (Phi) is 33.8. The van der Waals surface area contributed by atoms with E-state index in [1.54, 1.807) is 0 Å². The number of carboxylic acid groups (broad SMARTS) is 1. The quantitative estimate of drug-likeness (QED) is 0.0897. The van der Waals surface area contributed by atoms with Crippen molar-refractivity contribution in [3.05, 3.63) is 53.6 Å². The number of hydrogen-bond donors (Lipinski definition) is 3. The van der Waals surface area contributed by atoms with Gasteiger partial charge in [0.25, 0.3) is 5.91 Å². The summed E-state index contributed by atoms with van der Waals surface area (Å²) in [6.07, 6.45) is 7.16. The van der Waals surface area contributed by atoms with E-state index in [-0.39, 0.29) is 86.2 Å². The molecule has 43 heavy (non-hydrogen) atoms. The molecule has 0 spiro atoms. The molecule has 2 unspecified atom stereocenters. The minimum Gasteiger partial charge on any atom is -0.550 e. The Labute approximate surface area is 285 Å². The van der Waals surface area contributed by atoms with E-state index in [0.717, 1.165) is 29.1 Å². The minimum absolute atomic E-state index is 0. The zero-order valence-electron chi connectivity index (χ0n) is 27.6. The van der Waals surface area contributed by atoms with Gasteiger partial charge in [0.05, 0.1) is 19.3 Å². The largest absolute Gasteiger partial charge is 1.00 e. The van der Waals surface area contributed by atoms with Crippen LogP contribution in [0.5, 0.6) is 0 Å². The maximum atomic E-state index is 11.9. The van der Waals surface area contributed by atoms with Gasteiger partial charge in [-0.3, -0.25) is 9.59 Å². The molecule has 1 aromatic carbocycles. The molecule has 0 aliphatic heterocycles. The van der Waals surface area contributed by atoms with Crippen LogP contribution >= 0.6 is 11.8 Å². The van der Waals surface area contributed by atoms with E-state index in [4.69, 9.17) is 14.6 Å². The minimum atomic E-state index is -1.13. The van der Waals surface area contributed by atoms with Gasteiger partial charge in [0, 0.05) is 31.6 Å². The standard InChI is InChI=1S/C17H23NO2.C13H25NO5S.C2H6.Na/c1-4-5-6-14(3)15-7-9-16(10-8-15)17(20)18-11-13(2)12-19;1-3-20-8-4-7-18-10-19-9-12(14-11(2)15)5-6-13(16)17;1-2;/h4-10,13,19H,11-12H2,1-3H3,(H,18,20);12H,3-10H2,1-2H3,(H,14,15)(H,16,17);1-2H3;/q;;;+1/p-1/b5-4-,14-6+;;;. The van der Waals surface area contributed by atoms with Crippen LogP contribution in [0.15, 0.2) is 42.5 Å². The van der Waals surface area contributed by atoms with Crippen molar-refractivity contribution in [3.63, 3.8) is 0 Å². The molecule has 2 amide bonds. The Morgan fingerprint density at radius 2 is 1.72 bits per heavy atom. The van der Waals surface area contributed by atoms with Gasteiger partial charge in [0.15, 0.2) is 0 Å². The molecule has 0 aliphatic rings. The fourth-order valence-electron chi connectivity index (χ4n) is 3.15. The summed E-state index contributed by atoms with van der Waals surface area (Å²) < 4.78 is 10.6. The van der Waals surface area contributed by atoms with Crippen LogP contribution in [0.4, 0.5) is 0 Å². The smallest absolute Gasteiger partial charge is 0.550 e. The Balaban J connectivity index is -0.000000688. The van der Waals surface area contributed by atoms with Crippen molar-refractivity contribution in [1.29, 1.82) is 0 Å². The first-order valence-electron chi connectivity index (χ1n) is 14.6. The molecule has 1 aromatic rings. The maximum absolute atomic E-state index is 11.9. The molecule has 0 aliphatic carbocycles. The number of nitrogens with one attached hydrogen (secondary N) is 2. The van der Waals surface area contributed by atoms with Crippen molar-refractivity contribution in [3.8, 4) is 0 Å². The first-order valence-corrected chi connectivity index (χ1v) is 15.8. The first-order chi connectivity index (χ1) is 20.1. The van der Waals surface area contributed by atoms with Gasteiger partial charge >= 0.3 is 29.6 Å². The van der Waals surface area contributed by atoms with Crippen molar-refractivity contribution < 1.29 is 63.6 Å². The Hall–Kier alpha value is -1.66. The van der Waals surface area contributed by atoms with Crippen LogP contribution in [0, 0.1) is 5.92 Å². The molecule has 9 nitrogen and oxygen atoms in total. The Morgan fingerprint density at radius 3 is 2.26 bits per heavy atom. The van der Waals surface area contributed by atoms with Crippen molar-refractivity contribution in [2.75, 3.05) is 44.7 Å². The molecule has 2 atom stereocenters. The van der Waals surface area contributed by atoms with Gasteiger partial charge in [-0.1, -0.05) is 58.1 Å². The summed E-state index contributed by atoms with van der Waals surface area (Å²) in [7, 11) is 0. The molecule has 240 valence electrons. The van der Waals surface area contributed by atoms with Crippen LogP contribution in [0.3, 0.4) is 0 Å². The molecule has 0 radical (unpaired) electrons. The monoisotopic (exact) mass is 632 g/mol. The fourth-order valence-corrected chi connectivity index (χ4v) is 3.76. The van der Waals surface area contributed by atoms with Crippen molar-refractivity contribution in [2.24, 2.45) is 5.92 Å². The number of carbonyl (C=O) groups excluding carboxylic acids is 3. The summed E-state index contributed by atoms with van der Waals surface area (Å²) in [6, 6.07) is 7.20. The Morgan fingerprint density at radius 1 is 1.09 bits per heavy atom. The molecule has 0 heterocycles. The molecular formula is C32H53N2NaO7S. The van der Waals surface area contributed by atoms with Gasteiger partial charge in [-0.2, -0.15) is 11.8 Å². The van der Waals surface area contributed by atoms with E-state index in [2.05, 4.69) is 17.6 Å². The number of allylic oxidation sites excluding steroid dienone is 4. The zero-order chi connectivity index (χ0) is 32.2. The number of amides is 2. The Bertz CT molecular complexity index is 911. The van der Waals surface area contributed by atoms with Crippen LogP contribution in [0.2, 0.25) is 0 Å². The van der Waals surface area contributed by atoms with E-state index in [0.29, 0.717) is 18.7 Å². The van der Waals surface area contributed by atoms with Crippen LogP contribution < -0.4 is 45.3 Å². The van der Waals surface area contributed by atoms with E-state index in [1.807, 2.05) is 88.9 Å². The topological polar surface area (TPSA) is 137 Å². The van der Waals surface area contributed by atoms with Crippen molar-refractivity contribution in [2.45, 2.75) is 73.8 Å². The van der Waals surface area contributed by atoms with Crippen LogP contribution in [0.1, 0.15) is 83.7 Å². The third-order valence-electron chi connectivity index (χ3n) is 5.44. The number of aliphatic carboxylic acids is 1. The first kappa shape index (κ1) is 45.8. The van der Waals surface area contributed by atoms with E-state index in [9.17, 15) is 19.5 Å². The normalized spacial score (nSPS) is 12.0. The average molecular weight is 633 g/mol. The summed E-state index contributed by atoms with van der Waals surface area (Å²) in [5, 5.41) is 24.8. The van der Waals surface area contributed by atoms with Gasteiger partial charge in [-0.15, -0.1) is 0 Å². The molecule has 11 heteroatoms. The number of ether oxygens (including phenoxy) is 2. The number of rotatable bonds is 19. The number of aliphatic hydroxyl groups excluding tert-OH is 1. The molecule has 3 N–H and O–H groups in total. The summed E-state index contributed by atoms with van der Waals surface area (Å²) in [6.45, 7) is 15.0. The second kappa shape index (κ2) is 31.8. The predicted molar refractivity (Wildman–Crippen MR) is 171 cm³/mol. The third-order valence-corrected chi connectivity index (χ3v) is 6.42. The SMILES string of the molecule is C/C=C\C=C(/C)c1ccc(C(=O)NCC(C)CO)cc1.CC.CCSCCCOCOCC(CCC(=O)[O-])NC(C)=O.[Na+]. The zero-order valence-corrected chi connectivity index (χ0v) is 30.4. The predicted octanol–water partition coefficient (Wildman–Crippen LogP) is 1.21. The average Bonchev–Trinajstić information content (AvgIpc) is 2.99. The molecular weight excluding hydrogens is 579 g/mol. The van der Waals surface area contributed by atoms with Crippen LogP contribution in [0.25, 0.3) is 5.57 Å². The van der Waals surface area contributed by atoms with Gasteiger partial charge in [-0.05, 0) is 73.8 Å². The molecule has 0 aromatic heterocycles. The van der Waals surface area contributed by atoms with Crippen LogP contribution in [-0.2, 0) is 19.1 Å². The van der Waals surface area contributed by atoms with Crippen LogP contribution in [-0.4, -0.2) is 73.6 Å². The van der Waals surface area contributed by atoms with Crippen molar-refractivity contribution in [1.82, 2.24) is 10.6 Å². The van der Waals surface area contributed by atoms with E-state index >= 15 is 0 Å². The van der Waals surface area contributed by atoms with E-state index in [1.165, 1.54) is 6.92 Å². The summed E-state index contributed by atoms with van der Waals surface area (Å²) in [5.74, 6) is 0.792. The number of aliphatic hydroxyl groups is 1. The van der Waals surface area contributed by atoms with E-state index < -0.39 is 5.97 Å². The van der Waals surface area contributed by atoms with Gasteiger partial charge < -0.3 is 35.1 Å². The second-order valence-corrected chi connectivity index (χ2v) is 10.6.